The molecule has 49 heavy (non-hydrogen) atoms. The van der Waals surface area contributed by atoms with Crippen LogP contribution in [0.2, 0.25) is 0 Å². The summed E-state index contributed by atoms with van der Waals surface area (Å²) in [4.78, 5) is 30.4. The Labute approximate surface area is 283 Å². The Hall–Kier alpha value is -5.04. The van der Waals surface area contributed by atoms with Gasteiger partial charge in [-0.05, 0) is 66.1 Å². The van der Waals surface area contributed by atoms with E-state index in [4.69, 9.17) is 0 Å². The van der Waals surface area contributed by atoms with E-state index in [2.05, 4.69) is 26.2 Å². The number of H-pyrrole nitrogens is 1. The third-order valence-corrected chi connectivity index (χ3v) is 8.92. The van der Waals surface area contributed by atoms with Crippen LogP contribution in [0.1, 0.15) is 49.8 Å². The summed E-state index contributed by atoms with van der Waals surface area (Å²) in [5.74, 6) is -2.20. The van der Waals surface area contributed by atoms with Gasteiger partial charge in [0.25, 0.3) is 11.5 Å². The highest BCUT2D eigenvalue weighted by Gasteiger charge is 2.37. The average Bonchev–Trinajstić information content (AvgIpc) is 3.42. The Morgan fingerprint density at radius 3 is 2.16 bits per heavy atom. The molecule has 0 radical (unpaired) electrons. The van der Waals surface area contributed by atoms with Crippen LogP contribution >= 0.6 is 15.9 Å². The summed E-state index contributed by atoms with van der Waals surface area (Å²) in [6, 6.07) is 22.0. The monoisotopic (exact) mass is 741 g/mol. The van der Waals surface area contributed by atoms with Gasteiger partial charge in [-0.1, -0.05) is 58.4 Å². The van der Waals surface area contributed by atoms with E-state index in [1.54, 1.807) is 67.7 Å². The number of carbonyl (C=O) groups excluding carboxylic acids is 1. The predicted molar refractivity (Wildman–Crippen MR) is 177 cm³/mol. The number of carbonyl (C=O) groups is 1. The number of rotatable bonds is 7. The third kappa shape index (κ3) is 6.54. The molecule has 4 aromatic carbocycles. The molecule has 1 amide bonds. The minimum absolute atomic E-state index is 0.0381. The van der Waals surface area contributed by atoms with Gasteiger partial charge in [-0.3, -0.25) is 9.59 Å². The number of halogens is 7. The highest BCUT2D eigenvalue weighted by molar-refractivity contribution is 9.10. The Morgan fingerprint density at radius 2 is 1.51 bits per heavy atom. The van der Waals surface area contributed by atoms with E-state index >= 15 is 0 Å². The fourth-order valence-electron chi connectivity index (χ4n) is 6.15. The number of aryl methyl sites for hydroxylation is 1. The van der Waals surface area contributed by atoms with Gasteiger partial charge < -0.3 is 20.0 Å². The summed E-state index contributed by atoms with van der Waals surface area (Å²) in [5, 5.41) is 15.3. The van der Waals surface area contributed by atoms with Crippen LogP contribution in [0, 0.1) is 0 Å². The molecule has 13 heteroatoms. The number of aromatic nitrogens is 2. The van der Waals surface area contributed by atoms with Crippen LogP contribution < -0.4 is 10.9 Å². The molecule has 252 valence electrons. The molecular weight excluding hydrogens is 716 g/mol. The van der Waals surface area contributed by atoms with Gasteiger partial charge in [0, 0.05) is 45.6 Å². The molecule has 6 aromatic rings. The topological polar surface area (TPSA) is 87.1 Å². The minimum atomic E-state index is -5.11. The summed E-state index contributed by atoms with van der Waals surface area (Å²) in [6.45, 7) is -0.182. The van der Waals surface area contributed by atoms with Gasteiger partial charge in [0.2, 0.25) is 0 Å². The van der Waals surface area contributed by atoms with E-state index < -0.39 is 46.4 Å². The number of hydrogen-bond donors (Lipinski definition) is 3. The first-order chi connectivity index (χ1) is 23.1. The molecule has 3 N–H and O–H groups in total. The maximum absolute atomic E-state index is 14.0. The van der Waals surface area contributed by atoms with Crippen LogP contribution in [-0.2, 0) is 25.8 Å². The lowest BCUT2D eigenvalue weighted by Gasteiger charge is -2.22. The van der Waals surface area contributed by atoms with Crippen LogP contribution in [0.15, 0.2) is 100 Å². The number of para-hydroxylation sites is 2. The lowest BCUT2D eigenvalue weighted by atomic mass is 9.85. The highest BCUT2D eigenvalue weighted by atomic mass is 79.9. The van der Waals surface area contributed by atoms with Gasteiger partial charge >= 0.3 is 12.4 Å². The van der Waals surface area contributed by atoms with Crippen molar-refractivity contribution in [2.24, 2.45) is 7.05 Å². The molecule has 6 nitrogen and oxygen atoms in total. The number of aromatic hydroxyl groups is 1. The number of aromatic amines is 1. The fraction of sp³-hybridized carbons (Fsp3) is 0.167. The number of amides is 1. The van der Waals surface area contributed by atoms with Crippen molar-refractivity contribution >= 4 is 43.6 Å². The number of alkyl halides is 6. The van der Waals surface area contributed by atoms with E-state index in [1.807, 2.05) is 12.1 Å². The molecule has 0 fully saturated rings. The second kappa shape index (κ2) is 12.8. The molecule has 0 saturated heterocycles. The summed E-state index contributed by atoms with van der Waals surface area (Å²) >= 11 is 3.49. The van der Waals surface area contributed by atoms with E-state index in [1.165, 1.54) is 4.57 Å². The molecular formula is C36H26BrF6N3O3. The van der Waals surface area contributed by atoms with Crippen LogP contribution in [0.3, 0.4) is 0 Å². The molecule has 2 aromatic heterocycles. The average molecular weight is 743 g/mol. The van der Waals surface area contributed by atoms with Crippen molar-refractivity contribution in [2.45, 2.75) is 24.7 Å². The van der Waals surface area contributed by atoms with Crippen LogP contribution in [0.4, 0.5) is 26.3 Å². The van der Waals surface area contributed by atoms with Crippen molar-refractivity contribution in [3.05, 3.63) is 145 Å². The zero-order valence-corrected chi connectivity index (χ0v) is 27.1. The second-order valence-corrected chi connectivity index (χ2v) is 12.4. The van der Waals surface area contributed by atoms with Crippen LogP contribution in [0.5, 0.6) is 5.75 Å². The first-order valence-electron chi connectivity index (χ1n) is 14.9. The van der Waals surface area contributed by atoms with Gasteiger partial charge in [0.1, 0.15) is 5.75 Å². The number of hydrogen-bond acceptors (Lipinski definition) is 3. The van der Waals surface area contributed by atoms with E-state index in [-0.39, 0.29) is 30.3 Å². The molecule has 0 aliphatic carbocycles. The number of fused-ring (bicyclic) bond motifs is 2. The fourth-order valence-corrected chi connectivity index (χ4v) is 6.57. The number of nitrogens with one attached hydrogen (secondary N) is 2. The summed E-state index contributed by atoms with van der Waals surface area (Å²) in [6.07, 6.45) is -10.2. The van der Waals surface area contributed by atoms with Crippen molar-refractivity contribution in [3.63, 3.8) is 0 Å². The normalized spacial score (nSPS) is 12.8. The van der Waals surface area contributed by atoms with E-state index in [9.17, 15) is 41.0 Å². The van der Waals surface area contributed by atoms with Crippen molar-refractivity contribution < 1.29 is 36.2 Å². The molecule has 6 rings (SSSR count). The van der Waals surface area contributed by atoms with E-state index in [0.29, 0.717) is 55.2 Å². The largest absolute Gasteiger partial charge is 0.507 e. The molecule has 1 atom stereocenters. The van der Waals surface area contributed by atoms with E-state index in [0.717, 1.165) is 0 Å². The maximum atomic E-state index is 14.0. The number of benzene rings is 4. The molecule has 0 spiro atoms. The zero-order chi connectivity index (χ0) is 35.2. The van der Waals surface area contributed by atoms with Gasteiger partial charge in [-0.2, -0.15) is 26.3 Å². The van der Waals surface area contributed by atoms with Crippen molar-refractivity contribution in [1.29, 1.82) is 0 Å². The standard InChI is InChI=1S/C36H26BrF6N3O3/c1-46-28-12-5-3-10-26(28)32(47)30(34(46)49)29(19-7-6-8-23(37)17-19)31-25(24-9-2-4-11-27(24)45-31)13-14-44-33(48)20-15-21(35(38,39)40)18-22(16-20)36(41,42)43/h2-12,15-18,29,45,47H,13-14H2,1H3,(H,44,48). The quantitative estimate of drug-likeness (QED) is 0.143. The lowest BCUT2D eigenvalue weighted by molar-refractivity contribution is -0.143. The van der Waals surface area contributed by atoms with Crippen LogP contribution in [-0.4, -0.2) is 27.1 Å². The van der Waals surface area contributed by atoms with Gasteiger partial charge in [-0.25, -0.2) is 0 Å². The Bertz CT molecular complexity index is 2260. The smallest absolute Gasteiger partial charge is 0.416 e. The SMILES string of the molecule is Cn1c(=O)c(C(c2cccc(Br)c2)c2[nH]c3ccccc3c2CCNC(=O)c2cc(C(F)(F)F)cc(C(F)(F)F)c2)c(O)c2ccccc21. The summed E-state index contributed by atoms with van der Waals surface area (Å²) in [7, 11) is 1.60. The first-order valence-corrected chi connectivity index (χ1v) is 15.7. The second-order valence-electron chi connectivity index (χ2n) is 11.5. The molecule has 2 heterocycles. The lowest BCUT2D eigenvalue weighted by Crippen LogP contribution is -2.28. The van der Waals surface area contributed by atoms with Gasteiger partial charge in [0.15, 0.2) is 0 Å². The number of nitrogens with zero attached hydrogens (tertiary/aromatic N) is 1. The minimum Gasteiger partial charge on any atom is -0.507 e. The highest BCUT2D eigenvalue weighted by Crippen LogP contribution is 2.42. The Balaban J connectivity index is 1.45. The predicted octanol–water partition coefficient (Wildman–Crippen LogP) is 8.68. The Morgan fingerprint density at radius 1 is 0.878 bits per heavy atom. The molecule has 0 aliphatic heterocycles. The first kappa shape index (κ1) is 33.8. The third-order valence-electron chi connectivity index (χ3n) is 8.43. The van der Waals surface area contributed by atoms with Crippen LogP contribution in [0.25, 0.3) is 21.8 Å². The molecule has 0 saturated carbocycles. The van der Waals surface area contributed by atoms with Crippen molar-refractivity contribution in [3.8, 4) is 5.75 Å². The maximum Gasteiger partial charge on any atom is 0.416 e. The van der Waals surface area contributed by atoms with Gasteiger partial charge in [0.05, 0.1) is 28.1 Å². The molecule has 0 aliphatic rings. The van der Waals surface area contributed by atoms with Crippen molar-refractivity contribution in [1.82, 2.24) is 14.9 Å². The zero-order valence-electron chi connectivity index (χ0n) is 25.5. The van der Waals surface area contributed by atoms with Gasteiger partial charge in [-0.15, -0.1) is 0 Å². The van der Waals surface area contributed by atoms with Crippen molar-refractivity contribution in [2.75, 3.05) is 6.54 Å². The Kier molecular flexibility index (Phi) is 8.82. The molecule has 1 unspecified atom stereocenters. The summed E-state index contributed by atoms with van der Waals surface area (Å²) < 4.78 is 82.7. The molecule has 0 bridgehead atoms. The number of pyridine rings is 1. The summed E-state index contributed by atoms with van der Waals surface area (Å²) in [5.41, 5.74) is -1.40.